The van der Waals surface area contributed by atoms with E-state index >= 15 is 0 Å². The van der Waals surface area contributed by atoms with Gasteiger partial charge in [-0.1, -0.05) is 54.1 Å². The number of alkyl halides is 3. The maximum Gasteiger partial charge on any atom is 0.390 e. The summed E-state index contributed by atoms with van der Waals surface area (Å²) in [6.07, 6.45) is -5.08. The Morgan fingerprint density at radius 3 is 1.89 bits per heavy atom. The normalized spacial score (nSPS) is 13.3. The molecule has 2 rings (SSSR count). The Kier molecular flexibility index (Phi) is 4.15. The Morgan fingerprint density at radius 2 is 1.37 bits per heavy atom. The zero-order chi connectivity index (χ0) is 13.9. The SMILES string of the molecule is FC(F)(F)C[C@@H](c1ccccc1)c1ccc(Cl)cc1. The summed E-state index contributed by atoms with van der Waals surface area (Å²) in [4.78, 5) is 0. The molecule has 2 aromatic carbocycles. The standard InChI is InChI=1S/C15H12ClF3/c16-13-8-6-12(7-9-13)14(10-15(17,18)19)11-4-2-1-3-5-11/h1-9,14H,10H2/t14-/m0/s1. The Bertz CT molecular complexity index is 517. The molecule has 0 unspecified atom stereocenters. The van der Waals surface area contributed by atoms with Crippen LogP contribution in [0.4, 0.5) is 13.2 Å². The van der Waals surface area contributed by atoms with E-state index in [-0.39, 0.29) is 0 Å². The first-order chi connectivity index (χ1) is 8.96. The molecule has 0 aromatic heterocycles. The number of hydrogen-bond donors (Lipinski definition) is 0. The summed E-state index contributed by atoms with van der Waals surface area (Å²) in [6, 6.07) is 15.2. The lowest BCUT2D eigenvalue weighted by atomic mass is 9.88. The second-order valence-electron chi connectivity index (χ2n) is 4.33. The van der Waals surface area contributed by atoms with Gasteiger partial charge in [0, 0.05) is 10.9 Å². The highest BCUT2D eigenvalue weighted by molar-refractivity contribution is 6.30. The topological polar surface area (TPSA) is 0 Å². The van der Waals surface area contributed by atoms with Crippen molar-refractivity contribution in [3.05, 3.63) is 70.7 Å². The first kappa shape index (κ1) is 13.9. The summed E-state index contributed by atoms with van der Waals surface area (Å²) in [6.45, 7) is 0. The molecular formula is C15H12ClF3. The lowest BCUT2D eigenvalue weighted by molar-refractivity contribution is -0.136. The predicted molar refractivity (Wildman–Crippen MR) is 70.4 cm³/mol. The van der Waals surface area contributed by atoms with Crippen molar-refractivity contribution in [2.75, 3.05) is 0 Å². The highest BCUT2D eigenvalue weighted by Gasteiger charge is 2.33. The average Bonchev–Trinajstić information content (AvgIpc) is 2.37. The summed E-state index contributed by atoms with van der Waals surface area (Å²) in [7, 11) is 0. The van der Waals surface area contributed by atoms with Crippen LogP contribution in [0.15, 0.2) is 54.6 Å². The van der Waals surface area contributed by atoms with Crippen molar-refractivity contribution in [2.45, 2.75) is 18.5 Å². The highest BCUT2D eigenvalue weighted by Crippen LogP contribution is 2.36. The van der Waals surface area contributed by atoms with Gasteiger partial charge in [-0.25, -0.2) is 0 Å². The molecule has 0 N–H and O–H groups in total. The molecule has 0 saturated carbocycles. The van der Waals surface area contributed by atoms with Crippen LogP contribution >= 0.6 is 11.6 Å². The van der Waals surface area contributed by atoms with E-state index in [0.717, 1.165) is 0 Å². The molecule has 0 spiro atoms. The number of rotatable bonds is 3. The summed E-state index contributed by atoms with van der Waals surface area (Å²) in [5, 5.41) is 0.516. The second kappa shape index (κ2) is 5.66. The minimum Gasteiger partial charge on any atom is -0.171 e. The van der Waals surface area contributed by atoms with Crippen molar-refractivity contribution in [3.8, 4) is 0 Å². The van der Waals surface area contributed by atoms with Gasteiger partial charge >= 0.3 is 6.18 Å². The van der Waals surface area contributed by atoms with Crippen LogP contribution in [-0.2, 0) is 0 Å². The summed E-state index contributed by atoms with van der Waals surface area (Å²) in [5.41, 5.74) is 1.27. The van der Waals surface area contributed by atoms with E-state index in [4.69, 9.17) is 11.6 Å². The van der Waals surface area contributed by atoms with Gasteiger partial charge in [-0.15, -0.1) is 0 Å². The molecule has 0 bridgehead atoms. The molecule has 0 nitrogen and oxygen atoms in total. The van der Waals surface area contributed by atoms with E-state index in [9.17, 15) is 13.2 Å². The average molecular weight is 285 g/mol. The van der Waals surface area contributed by atoms with E-state index in [1.807, 2.05) is 0 Å². The molecule has 0 aliphatic carbocycles. The van der Waals surface area contributed by atoms with Crippen molar-refractivity contribution < 1.29 is 13.2 Å². The van der Waals surface area contributed by atoms with Crippen LogP contribution < -0.4 is 0 Å². The van der Waals surface area contributed by atoms with Crippen LogP contribution in [-0.4, -0.2) is 6.18 Å². The molecule has 0 aliphatic heterocycles. The van der Waals surface area contributed by atoms with E-state index in [2.05, 4.69) is 0 Å². The Balaban J connectivity index is 2.37. The Hall–Kier alpha value is -1.48. The van der Waals surface area contributed by atoms with E-state index in [1.165, 1.54) is 0 Å². The second-order valence-corrected chi connectivity index (χ2v) is 4.77. The Labute approximate surface area is 114 Å². The fraction of sp³-hybridized carbons (Fsp3) is 0.200. The van der Waals surface area contributed by atoms with Crippen LogP contribution in [0.1, 0.15) is 23.5 Å². The molecule has 100 valence electrons. The van der Waals surface area contributed by atoms with Crippen molar-refractivity contribution in [1.82, 2.24) is 0 Å². The molecule has 0 aliphatic rings. The lowest BCUT2D eigenvalue weighted by Gasteiger charge is -2.19. The van der Waals surface area contributed by atoms with Crippen molar-refractivity contribution in [1.29, 1.82) is 0 Å². The van der Waals surface area contributed by atoms with Gasteiger partial charge in [0.05, 0.1) is 6.42 Å². The molecule has 4 heteroatoms. The van der Waals surface area contributed by atoms with Gasteiger partial charge in [-0.05, 0) is 23.3 Å². The minimum absolute atomic E-state index is 0.516. The van der Waals surface area contributed by atoms with E-state index < -0.39 is 18.5 Å². The molecule has 19 heavy (non-hydrogen) atoms. The molecule has 0 radical (unpaired) electrons. The van der Waals surface area contributed by atoms with E-state index in [1.54, 1.807) is 54.6 Å². The van der Waals surface area contributed by atoms with Gasteiger partial charge in [0.1, 0.15) is 0 Å². The van der Waals surface area contributed by atoms with Gasteiger partial charge < -0.3 is 0 Å². The maximum atomic E-state index is 12.7. The third-order valence-electron chi connectivity index (χ3n) is 2.91. The fourth-order valence-electron chi connectivity index (χ4n) is 2.04. The lowest BCUT2D eigenvalue weighted by Crippen LogP contribution is -2.15. The molecule has 0 amide bonds. The highest BCUT2D eigenvalue weighted by atomic mass is 35.5. The van der Waals surface area contributed by atoms with E-state index in [0.29, 0.717) is 16.1 Å². The summed E-state index contributed by atoms with van der Waals surface area (Å²) in [5.74, 6) is -0.696. The van der Waals surface area contributed by atoms with Gasteiger partial charge in [-0.2, -0.15) is 13.2 Å². The first-order valence-corrected chi connectivity index (χ1v) is 6.21. The van der Waals surface area contributed by atoms with Gasteiger partial charge in [-0.3, -0.25) is 0 Å². The van der Waals surface area contributed by atoms with Crippen LogP contribution in [0.2, 0.25) is 5.02 Å². The van der Waals surface area contributed by atoms with Crippen molar-refractivity contribution in [3.63, 3.8) is 0 Å². The third kappa shape index (κ3) is 4.00. The maximum absolute atomic E-state index is 12.7. The number of hydrogen-bond acceptors (Lipinski definition) is 0. The quantitative estimate of drug-likeness (QED) is 0.705. The van der Waals surface area contributed by atoms with Crippen LogP contribution in [0, 0.1) is 0 Å². The molecule has 0 heterocycles. The predicted octanol–water partition coefficient (Wildman–Crippen LogP) is 5.42. The number of benzene rings is 2. The van der Waals surface area contributed by atoms with Crippen LogP contribution in [0.5, 0.6) is 0 Å². The summed E-state index contributed by atoms with van der Waals surface area (Å²) < 4.78 is 38.2. The van der Waals surface area contributed by atoms with Crippen molar-refractivity contribution >= 4 is 11.6 Å². The molecule has 2 aromatic rings. The number of halogens is 4. The van der Waals surface area contributed by atoms with Crippen LogP contribution in [0.3, 0.4) is 0 Å². The molecule has 0 saturated heterocycles. The van der Waals surface area contributed by atoms with Gasteiger partial charge in [0.2, 0.25) is 0 Å². The third-order valence-corrected chi connectivity index (χ3v) is 3.16. The minimum atomic E-state index is -4.21. The van der Waals surface area contributed by atoms with Crippen molar-refractivity contribution in [2.24, 2.45) is 0 Å². The van der Waals surface area contributed by atoms with Gasteiger partial charge in [0.15, 0.2) is 0 Å². The fourth-order valence-corrected chi connectivity index (χ4v) is 2.17. The molecular weight excluding hydrogens is 273 g/mol. The first-order valence-electron chi connectivity index (χ1n) is 5.83. The summed E-state index contributed by atoms with van der Waals surface area (Å²) >= 11 is 5.77. The smallest absolute Gasteiger partial charge is 0.171 e. The Morgan fingerprint density at radius 1 is 0.842 bits per heavy atom. The van der Waals surface area contributed by atoms with Crippen LogP contribution in [0.25, 0.3) is 0 Å². The zero-order valence-electron chi connectivity index (χ0n) is 9.99. The molecule has 1 atom stereocenters. The monoisotopic (exact) mass is 284 g/mol. The largest absolute Gasteiger partial charge is 0.390 e. The van der Waals surface area contributed by atoms with Gasteiger partial charge in [0.25, 0.3) is 0 Å². The molecule has 0 fully saturated rings. The zero-order valence-corrected chi connectivity index (χ0v) is 10.7.